The van der Waals surface area contributed by atoms with Crippen LogP contribution in [0.1, 0.15) is 39.2 Å². The van der Waals surface area contributed by atoms with Crippen LogP contribution in [0, 0.1) is 0 Å². The number of amides is 1. The van der Waals surface area contributed by atoms with Crippen LogP contribution in [-0.2, 0) is 11.3 Å². The van der Waals surface area contributed by atoms with Gasteiger partial charge in [-0.3, -0.25) is 9.69 Å². The lowest BCUT2D eigenvalue weighted by Gasteiger charge is -2.34. The van der Waals surface area contributed by atoms with Gasteiger partial charge in [0.05, 0.1) is 6.20 Å². The molecule has 0 radical (unpaired) electrons. The predicted molar refractivity (Wildman–Crippen MR) is 99.3 cm³/mol. The Balaban J connectivity index is 1.32. The lowest BCUT2D eigenvalue weighted by atomic mass is 10.2. The van der Waals surface area contributed by atoms with E-state index in [1.165, 1.54) is 11.3 Å². The summed E-state index contributed by atoms with van der Waals surface area (Å²) in [5, 5.41) is 10.5. The standard InChI is InChI=1S/C19H23N3O3S/c23-15-4-1-3-14(11-15)13-21-6-8-22(9-7-21)19(24)17-12-20-18(26-17)16-5-2-10-25-16/h1,3-4,11-12,16,23H,2,5-10,13H2. The summed E-state index contributed by atoms with van der Waals surface area (Å²) < 4.78 is 5.66. The molecule has 1 N–H and O–H groups in total. The molecule has 138 valence electrons. The van der Waals surface area contributed by atoms with Crippen LogP contribution in [0.2, 0.25) is 0 Å². The van der Waals surface area contributed by atoms with Gasteiger partial charge in [0.15, 0.2) is 0 Å². The molecule has 26 heavy (non-hydrogen) atoms. The first-order chi connectivity index (χ1) is 12.7. The van der Waals surface area contributed by atoms with Crippen molar-refractivity contribution in [1.82, 2.24) is 14.8 Å². The molecule has 0 bridgehead atoms. The Bertz CT molecular complexity index is 765. The van der Waals surface area contributed by atoms with Crippen LogP contribution in [-0.4, -0.2) is 58.6 Å². The maximum Gasteiger partial charge on any atom is 0.265 e. The minimum Gasteiger partial charge on any atom is -0.508 e. The van der Waals surface area contributed by atoms with E-state index in [0.717, 1.165) is 49.7 Å². The number of carbonyl (C=O) groups is 1. The van der Waals surface area contributed by atoms with Gasteiger partial charge in [0, 0.05) is 39.3 Å². The number of rotatable bonds is 4. The Morgan fingerprint density at radius 2 is 2.15 bits per heavy atom. The average molecular weight is 373 g/mol. The highest BCUT2D eigenvalue weighted by molar-refractivity contribution is 7.13. The van der Waals surface area contributed by atoms with E-state index in [1.54, 1.807) is 18.3 Å². The minimum absolute atomic E-state index is 0.0701. The van der Waals surface area contributed by atoms with Crippen LogP contribution in [0.4, 0.5) is 0 Å². The molecule has 1 aromatic heterocycles. The molecular weight excluding hydrogens is 350 g/mol. The number of hydrogen-bond donors (Lipinski definition) is 1. The number of nitrogens with zero attached hydrogens (tertiary/aromatic N) is 3. The molecule has 2 aliphatic heterocycles. The number of aromatic hydroxyl groups is 1. The molecule has 2 fully saturated rings. The maximum absolute atomic E-state index is 12.7. The Morgan fingerprint density at radius 3 is 2.88 bits per heavy atom. The topological polar surface area (TPSA) is 65.9 Å². The largest absolute Gasteiger partial charge is 0.508 e. The lowest BCUT2D eigenvalue weighted by molar-refractivity contribution is 0.0633. The van der Waals surface area contributed by atoms with E-state index in [0.29, 0.717) is 23.7 Å². The first-order valence-electron chi connectivity index (χ1n) is 9.06. The van der Waals surface area contributed by atoms with Crippen LogP contribution in [0.15, 0.2) is 30.5 Å². The second-order valence-electron chi connectivity index (χ2n) is 6.80. The monoisotopic (exact) mass is 373 g/mol. The third-order valence-corrected chi connectivity index (χ3v) is 5.99. The summed E-state index contributed by atoms with van der Waals surface area (Å²) in [5.41, 5.74) is 1.09. The van der Waals surface area contributed by atoms with Crippen molar-refractivity contribution in [3.63, 3.8) is 0 Å². The second kappa shape index (κ2) is 7.73. The first kappa shape index (κ1) is 17.5. The van der Waals surface area contributed by atoms with E-state index in [9.17, 15) is 9.90 Å². The van der Waals surface area contributed by atoms with Gasteiger partial charge in [0.1, 0.15) is 21.7 Å². The quantitative estimate of drug-likeness (QED) is 0.893. The zero-order chi connectivity index (χ0) is 17.9. The molecule has 1 amide bonds. The number of aromatic nitrogens is 1. The number of hydrogen-bond acceptors (Lipinski definition) is 6. The maximum atomic E-state index is 12.7. The van der Waals surface area contributed by atoms with Gasteiger partial charge in [-0.15, -0.1) is 11.3 Å². The Morgan fingerprint density at radius 1 is 1.31 bits per heavy atom. The van der Waals surface area contributed by atoms with E-state index in [1.807, 2.05) is 17.0 Å². The van der Waals surface area contributed by atoms with Gasteiger partial charge in [-0.05, 0) is 30.5 Å². The van der Waals surface area contributed by atoms with Crippen molar-refractivity contribution in [3.05, 3.63) is 45.9 Å². The third kappa shape index (κ3) is 3.90. The van der Waals surface area contributed by atoms with Gasteiger partial charge in [0.2, 0.25) is 0 Å². The minimum atomic E-state index is 0.0701. The molecule has 3 heterocycles. The number of phenolic OH excluding ortho intramolecular Hbond substituents is 1. The van der Waals surface area contributed by atoms with E-state index in [2.05, 4.69) is 9.88 Å². The zero-order valence-corrected chi connectivity index (χ0v) is 15.5. The summed E-state index contributed by atoms with van der Waals surface area (Å²) in [5.74, 6) is 0.368. The number of ether oxygens (including phenoxy) is 1. The predicted octanol–water partition coefficient (Wildman–Crippen LogP) is 2.66. The lowest BCUT2D eigenvalue weighted by Crippen LogP contribution is -2.48. The van der Waals surface area contributed by atoms with Gasteiger partial charge >= 0.3 is 0 Å². The van der Waals surface area contributed by atoms with Crippen molar-refractivity contribution in [3.8, 4) is 5.75 Å². The molecule has 1 aromatic carbocycles. The number of thiazole rings is 1. The van der Waals surface area contributed by atoms with Gasteiger partial charge in [-0.1, -0.05) is 12.1 Å². The number of phenols is 1. The number of piperazine rings is 1. The molecule has 1 atom stereocenters. The molecule has 7 heteroatoms. The van der Waals surface area contributed by atoms with Gasteiger partial charge in [-0.2, -0.15) is 0 Å². The normalized spacial score (nSPS) is 21.2. The molecule has 2 aromatic rings. The van der Waals surface area contributed by atoms with Crippen LogP contribution < -0.4 is 0 Å². The Hall–Kier alpha value is -1.96. The van der Waals surface area contributed by atoms with Crippen molar-refractivity contribution in [2.45, 2.75) is 25.5 Å². The fourth-order valence-corrected chi connectivity index (χ4v) is 4.46. The smallest absolute Gasteiger partial charge is 0.265 e. The average Bonchev–Trinajstić information content (AvgIpc) is 3.33. The van der Waals surface area contributed by atoms with Crippen LogP contribution in [0.3, 0.4) is 0 Å². The summed E-state index contributed by atoms with van der Waals surface area (Å²) in [6, 6.07) is 7.35. The van der Waals surface area contributed by atoms with Crippen LogP contribution in [0.25, 0.3) is 0 Å². The van der Waals surface area contributed by atoms with Crippen molar-refractivity contribution in [2.24, 2.45) is 0 Å². The van der Waals surface area contributed by atoms with Crippen molar-refractivity contribution in [1.29, 1.82) is 0 Å². The molecule has 0 saturated carbocycles. The third-order valence-electron chi connectivity index (χ3n) is 4.92. The summed E-state index contributed by atoms with van der Waals surface area (Å²) in [6.07, 6.45) is 3.83. The van der Waals surface area contributed by atoms with Gasteiger partial charge in [0.25, 0.3) is 5.91 Å². The zero-order valence-electron chi connectivity index (χ0n) is 14.6. The summed E-state index contributed by atoms with van der Waals surface area (Å²) in [6.45, 7) is 4.67. The number of carbonyl (C=O) groups excluding carboxylic acids is 1. The van der Waals surface area contributed by atoms with E-state index >= 15 is 0 Å². The molecule has 2 saturated heterocycles. The molecular formula is C19H23N3O3S. The molecule has 1 unspecified atom stereocenters. The Kier molecular flexibility index (Phi) is 5.19. The fourth-order valence-electron chi connectivity index (χ4n) is 3.49. The summed E-state index contributed by atoms with van der Waals surface area (Å²) >= 11 is 1.47. The van der Waals surface area contributed by atoms with Crippen molar-refractivity contribution < 1.29 is 14.6 Å². The molecule has 2 aliphatic rings. The van der Waals surface area contributed by atoms with Crippen molar-refractivity contribution >= 4 is 17.2 Å². The first-order valence-corrected chi connectivity index (χ1v) is 9.87. The highest BCUT2D eigenvalue weighted by Gasteiger charge is 2.26. The SMILES string of the molecule is O=C(c1cnc(C2CCCO2)s1)N1CCN(Cc2cccc(O)c2)CC1. The van der Waals surface area contributed by atoms with Crippen LogP contribution in [0.5, 0.6) is 5.75 Å². The van der Waals surface area contributed by atoms with E-state index < -0.39 is 0 Å². The molecule has 4 rings (SSSR count). The number of benzene rings is 1. The van der Waals surface area contributed by atoms with E-state index in [-0.39, 0.29) is 12.0 Å². The highest BCUT2D eigenvalue weighted by atomic mass is 32.1. The second-order valence-corrected chi connectivity index (χ2v) is 7.86. The van der Waals surface area contributed by atoms with Gasteiger partial charge < -0.3 is 14.7 Å². The summed E-state index contributed by atoms with van der Waals surface area (Å²) in [7, 11) is 0. The summed E-state index contributed by atoms with van der Waals surface area (Å²) in [4.78, 5) is 22.1. The highest BCUT2D eigenvalue weighted by Crippen LogP contribution is 2.31. The molecule has 0 spiro atoms. The molecule has 0 aliphatic carbocycles. The van der Waals surface area contributed by atoms with Gasteiger partial charge in [-0.25, -0.2) is 4.98 Å². The fraction of sp³-hybridized carbons (Fsp3) is 0.474. The molecule has 6 nitrogen and oxygen atoms in total. The van der Waals surface area contributed by atoms with E-state index in [4.69, 9.17) is 4.74 Å². The Labute approximate surface area is 157 Å². The van der Waals surface area contributed by atoms with Crippen molar-refractivity contribution in [2.75, 3.05) is 32.8 Å². The van der Waals surface area contributed by atoms with Crippen LogP contribution >= 0.6 is 11.3 Å².